The highest BCUT2D eigenvalue weighted by molar-refractivity contribution is 5.84. The quantitative estimate of drug-likeness (QED) is 0.849. The number of carboxylic acid groups (broad SMARTS) is 2. The van der Waals surface area contributed by atoms with Gasteiger partial charge in [0.15, 0.2) is 0 Å². The zero-order valence-electron chi connectivity index (χ0n) is 14.5. The fourth-order valence-corrected chi connectivity index (χ4v) is 3.41. The zero-order valence-corrected chi connectivity index (χ0v) is 14.5. The maximum atomic E-state index is 11.7. The first-order chi connectivity index (χ1) is 12.4. The molecule has 2 atom stereocenters. The standard InChI is InChI=1S/C20H21NO5/c1-20(18(22)23)12-11-17(21(20)19(24)25)15-7-9-16(10-8-15)26-13-14-5-3-2-4-6-14/h2-10,17H,11-13H2,1H3,(H,22,23)(H,24,25)/t17-,20-/m0/s1. The van der Waals surface area contributed by atoms with Crippen LogP contribution in [0, 0.1) is 0 Å². The van der Waals surface area contributed by atoms with Gasteiger partial charge in [-0.2, -0.15) is 0 Å². The lowest BCUT2D eigenvalue weighted by Crippen LogP contribution is -2.51. The molecule has 0 unspecified atom stereocenters. The monoisotopic (exact) mass is 355 g/mol. The van der Waals surface area contributed by atoms with Gasteiger partial charge in [0.1, 0.15) is 17.9 Å². The van der Waals surface area contributed by atoms with E-state index in [2.05, 4.69) is 0 Å². The van der Waals surface area contributed by atoms with Crippen molar-refractivity contribution in [2.75, 3.05) is 0 Å². The maximum Gasteiger partial charge on any atom is 0.408 e. The lowest BCUT2D eigenvalue weighted by molar-refractivity contribution is -0.148. The van der Waals surface area contributed by atoms with Crippen LogP contribution >= 0.6 is 0 Å². The van der Waals surface area contributed by atoms with Crippen molar-refractivity contribution in [3.05, 3.63) is 65.7 Å². The predicted molar refractivity (Wildman–Crippen MR) is 95.1 cm³/mol. The van der Waals surface area contributed by atoms with E-state index in [0.717, 1.165) is 16.0 Å². The fourth-order valence-electron chi connectivity index (χ4n) is 3.41. The summed E-state index contributed by atoms with van der Waals surface area (Å²) in [6.45, 7) is 1.91. The Morgan fingerprint density at radius 2 is 1.77 bits per heavy atom. The van der Waals surface area contributed by atoms with Gasteiger partial charge in [-0.3, -0.25) is 4.90 Å². The van der Waals surface area contributed by atoms with Gasteiger partial charge in [-0.05, 0) is 43.0 Å². The Hall–Kier alpha value is -3.02. The number of carbonyl (C=O) groups is 2. The fraction of sp³-hybridized carbons (Fsp3) is 0.300. The largest absolute Gasteiger partial charge is 0.489 e. The highest BCUT2D eigenvalue weighted by atomic mass is 16.5. The van der Waals surface area contributed by atoms with Crippen molar-refractivity contribution in [1.29, 1.82) is 0 Å². The van der Waals surface area contributed by atoms with Crippen molar-refractivity contribution in [1.82, 2.24) is 4.90 Å². The summed E-state index contributed by atoms with van der Waals surface area (Å²) in [5, 5.41) is 19.0. The van der Waals surface area contributed by atoms with E-state index in [4.69, 9.17) is 4.74 Å². The molecule has 6 nitrogen and oxygen atoms in total. The molecule has 2 N–H and O–H groups in total. The highest BCUT2D eigenvalue weighted by Gasteiger charge is 2.51. The number of aliphatic carboxylic acids is 1. The van der Waals surface area contributed by atoms with Crippen LogP contribution in [0.25, 0.3) is 0 Å². The molecule has 2 aromatic rings. The number of amides is 1. The summed E-state index contributed by atoms with van der Waals surface area (Å²) in [6, 6.07) is 16.5. The van der Waals surface area contributed by atoms with Gasteiger partial charge in [0.05, 0.1) is 6.04 Å². The summed E-state index contributed by atoms with van der Waals surface area (Å²) < 4.78 is 5.74. The molecule has 1 aliphatic heterocycles. The minimum atomic E-state index is -1.40. The Bertz CT molecular complexity index is 790. The van der Waals surface area contributed by atoms with E-state index >= 15 is 0 Å². The second-order valence-electron chi connectivity index (χ2n) is 6.63. The van der Waals surface area contributed by atoms with Crippen LogP contribution in [0.4, 0.5) is 4.79 Å². The summed E-state index contributed by atoms with van der Waals surface area (Å²) in [4.78, 5) is 24.3. The summed E-state index contributed by atoms with van der Waals surface area (Å²) >= 11 is 0. The van der Waals surface area contributed by atoms with Crippen LogP contribution < -0.4 is 4.74 Å². The first-order valence-electron chi connectivity index (χ1n) is 8.44. The van der Waals surface area contributed by atoms with Crippen molar-refractivity contribution >= 4 is 12.1 Å². The van der Waals surface area contributed by atoms with E-state index in [1.54, 1.807) is 24.3 Å². The highest BCUT2D eigenvalue weighted by Crippen LogP contribution is 2.43. The Morgan fingerprint density at radius 1 is 1.12 bits per heavy atom. The average Bonchev–Trinajstić information content (AvgIpc) is 3.00. The van der Waals surface area contributed by atoms with Crippen molar-refractivity contribution in [3.63, 3.8) is 0 Å². The molecular weight excluding hydrogens is 334 g/mol. The van der Waals surface area contributed by atoms with Crippen molar-refractivity contribution < 1.29 is 24.5 Å². The molecule has 0 saturated carbocycles. The van der Waals surface area contributed by atoms with E-state index in [9.17, 15) is 19.8 Å². The van der Waals surface area contributed by atoms with E-state index < -0.39 is 23.6 Å². The summed E-state index contributed by atoms with van der Waals surface area (Å²) in [7, 11) is 0. The van der Waals surface area contributed by atoms with Crippen LogP contribution in [0.2, 0.25) is 0 Å². The second-order valence-corrected chi connectivity index (χ2v) is 6.63. The molecule has 6 heteroatoms. The van der Waals surface area contributed by atoms with Crippen LogP contribution in [0.15, 0.2) is 54.6 Å². The Kier molecular flexibility index (Phi) is 4.84. The summed E-state index contributed by atoms with van der Waals surface area (Å²) in [5.74, 6) is -0.441. The Balaban J connectivity index is 1.73. The van der Waals surface area contributed by atoms with E-state index in [-0.39, 0.29) is 6.42 Å². The topological polar surface area (TPSA) is 87.1 Å². The van der Waals surface area contributed by atoms with Crippen LogP contribution in [0.5, 0.6) is 5.75 Å². The lowest BCUT2D eigenvalue weighted by atomic mass is 10.00. The minimum absolute atomic E-state index is 0.283. The van der Waals surface area contributed by atoms with Gasteiger partial charge in [-0.25, -0.2) is 9.59 Å². The number of likely N-dealkylation sites (tertiary alicyclic amines) is 1. The molecule has 0 aromatic heterocycles. The van der Waals surface area contributed by atoms with Gasteiger partial charge < -0.3 is 14.9 Å². The molecule has 26 heavy (non-hydrogen) atoms. The van der Waals surface area contributed by atoms with Gasteiger partial charge in [0.2, 0.25) is 0 Å². The molecule has 136 valence electrons. The lowest BCUT2D eigenvalue weighted by Gasteiger charge is -2.33. The molecule has 0 spiro atoms. The molecule has 1 fully saturated rings. The minimum Gasteiger partial charge on any atom is -0.489 e. The number of rotatable bonds is 5. The van der Waals surface area contributed by atoms with Crippen LogP contribution in [-0.4, -0.2) is 32.7 Å². The van der Waals surface area contributed by atoms with Gasteiger partial charge >= 0.3 is 12.1 Å². The average molecular weight is 355 g/mol. The second kappa shape index (κ2) is 7.07. The SMILES string of the molecule is C[C@@]1(C(=O)O)CC[C@@H](c2ccc(OCc3ccccc3)cc2)N1C(=O)O. The number of benzene rings is 2. The normalized spacial score (nSPS) is 22.2. The molecule has 0 aliphatic carbocycles. The van der Waals surface area contributed by atoms with Crippen molar-refractivity contribution in [3.8, 4) is 5.75 Å². The van der Waals surface area contributed by atoms with E-state index in [1.807, 2.05) is 30.3 Å². The van der Waals surface area contributed by atoms with Gasteiger partial charge in [-0.15, -0.1) is 0 Å². The van der Waals surface area contributed by atoms with Crippen molar-refractivity contribution in [2.45, 2.75) is 38.0 Å². The first-order valence-corrected chi connectivity index (χ1v) is 8.44. The third-order valence-corrected chi connectivity index (χ3v) is 4.93. The van der Waals surface area contributed by atoms with Crippen LogP contribution in [0.3, 0.4) is 0 Å². The third-order valence-electron chi connectivity index (χ3n) is 4.93. The van der Waals surface area contributed by atoms with Crippen molar-refractivity contribution in [2.24, 2.45) is 0 Å². The molecule has 1 heterocycles. The Labute approximate surface area is 151 Å². The smallest absolute Gasteiger partial charge is 0.408 e. The zero-order chi connectivity index (χ0) is 18.7. The first kappa shape index (κ1) is 17.8. The molecule has 2 aromatic carbocycles. The molecule has 1 aliphatic rings. The van der Waals surface area contributed by atoms with Gasteiger partial charge in [0, 0.05) is 0 Å². The molecule has 0 bridgehead atoms. The number of carboxylic acids is 1. The number of hydrogen-bond donors (Lipinski definition) is 2. The molecule has 1 saturated heterocycles. The number of hydrogen-bond acceptors (Lipinski definition) is 3. The van der Waals surface area contributed by atoms with E-state index in [1.165, 1.54) is 6.92 Å². The molecule has 0 radical (unpaired) electrons. The summed E-state index contributed by atoms with van der Waals surface area (Å²) in [6.07, 6.45) is -0.466. The van der Waals surface area contributed by atoms with Gasteiger partial charge in [-0.1, -0.05) is 42.5 Å². The Morgan fingerprint density at radius 3 is 2.35 bits per heavy atom. The molecular formula is C20H21NO5. The number of nitrogens with zero attached hydrogens (tertiary/aromatic N) is 1. The van der Waals surface area contributed by atoms with Gasteiger partial charge in [0.25, 0.3) is 0 Å². The summed E-state index contributed by atoms with van der Waals surface area (Å²) in [5.41, 5.74) is 0.421. The molecule has 1 amide bonds. The molecule has 3 rings (SSSR count). The van der Waals surface area contributed by atoms with Crippen LogP contribution in [0.1, 0.15) is 36.9 Å². The van der Waals surface area contributed by atoms with Crippen LogP contribution in [-0.2, 0) is 11.4 Å². The third kappa shape index (κ3) is 3.35. The van der Waals surface area contributed by atoms with E-state index in [0.29, 0.717) is 18.8 Å². The number of ether oxygens (including phenoxy) is 1. The predicted octanol–water partition coefficient (Wildman–Crippen LogP) is 3.92. The maximum absolute atomic E-state index is 11.7.